The Morgan fingerprint density at radius 1 is 1.07 bits per heavy atom. The number of hydrogen-bond donors (Lipinski definition) is 6. The van der Waals surface area contributed by atoms with Gasteiger partial charge in [0.15, 0.2) is 12.1 Å². The van der Waals surface area contributed by atoms with Gasteiger partial charge in [0.25, 0.3) is 0 Å². The lowest BCUT2D eigenvalue weighted by atomic mass is 10.1. The van der Waals surface area contributed by atoms with Crippen molar-refractivity contribution in [1.82, 2.24) is 10.6 Å². The third kappa shape index (κ3) is 13.4. The van der Waals surface area contributed by atoms with Crippen LogP contribution in [0.3, 0.4) is 0 Å². The van der Waals surface area contributed by atoms with Crippen LogP contribution in [0.5, 0.6) is 0 Å². The third-order valence-electron chi connectivity index (χ3n) is 4.59. The summed E-state index contributed by atoms with van der Waals surface area (Å²) in [5, 5.41) is 40.1. The largest absolute Gasteiger partial charge is 0.394 e. The van der Waals surface area contributed by atoms with E-state index in [0.29, 0.717) is 12.6 Å². The minimum atomic E-state index is -1.75. The van der Waals surface area contributed by atoms with Crippen LogP contribution in [0.2, 0.25) is 0 Å². The second-order valence-electron chi connectivity index (χ2n) is 7.11. The van der Waals surface area contributed by atoms with E-state index in [1.54, 1.807) is 0 Å². The average molecular weight is 431 g/mol. The molecule has 0 saturated carbocycles. The molecule has 3 unspecified atom stereocenters. The lowest BCUT2D eigenvalue weighted by molar-refractivity contribution is -0.119. The number of aliphatic imine (C=N–C) groups is 1. The van der Waals surface area contributed by atoms with Gasteiger partial charge in [0.05, 0.1) is 12.8 Å². The van der Waals surface area contributed by atoms with E-state index in [0.717, 1.165) is 19.3 Å². The number of unbranched alkanes of at least 4 members (excludes halogenated alkanes) is 8. The third-order valence-corrected chi connectivity index (χ3v) is 4.59. The fourth-order valence-electron chi connectivity index (χ4n) is 2.78. The predicted octanol–water partition coefficient (Wildman–Crippen LogP) is 1.47. The summed E-state index contributed by atoms with van der Waals surface area (Å²) in [5.41, 5.74) is 0. The van der Waals surface area contributed by atoms with Crippen LogP contribution in [0.4, 0.5) is 4.79 Å². The lowest BCUT2D eigenvalue weighted by Gasteiger charge is -2.24. The highest BCUT2D eigenvalue weighted by Crippen LogP contribution is 2.10. The molecule has 0 radical (unpaired) electrons. The number of carbonyl (C=O) groups is 2. The van der Waals surface area contributed by atoms with Gasteiger partial charge >= 0.3 is 6.03 Å². The van der Waals surface area contributed by atoms with Crippen LogP contribution in [-0.4, -0.2) is 71.5 Å². The maximum atomic E-state index is 11.9. The van der Waals surface area contributed by atoms with Gasteiger partial charge < -0.3 is 36.1 Å². The van der Waals surface area contributed by atoms with Crippen molar-refractivity contribution in [2.75, 3.05) is 13.7 Å². The van der Waals surface area contributed by atoms with Crippen molar-refractivity contribution >= 4 is 24.0 Å². The summed E-state index contributed by atoms with van der Waals surface area (Å²) in [5.74, 6) is -0.631. The van der Waals surface area contributed by atoms with Gasteiger partial charge in [-0.3, -0.25) is 4.79 Å². The number of urea groups is 1. The highest BCUT2D eigenvalue weighted by molar-refractivity contribution is 6.33. The fourth-order valence-corrected chi connectivity index (χ4v) is 2.78. The average Bonchev–Trinajstić information content (AvgIpc) is 2.72. The standard InChI is InChI=1S/C20H38N4O6/c1-3-4-5-6-7-8-9-10-11-12-17(26)22-16(13-21)23-20(29)24-19(28)18(27)15(14-25)30-2/h13,15,18-19,21,25,27-28H,3-12,14H2,1-2H3,(H2,22,23,24,26,29). The first-order valence-corrected chi connectivity index (χ1v) is 10.6. The van der Waals surface area contributed by atoms with Crippen molar-refractivity contribution < 1.29 is 29.6 Å². The van der Waals surface area contributed by atoms with E-state index in [9.17, 15) is 19.8 Å². The first-order chi connectivity index (χ1) is 14.4. The van der Waals surface area contributed by atoms with Gasteiger partial charge in [0.2, 0.25) is 5.91 Å². The molecule has 0 aliphatic carbocycles. The number of amides is 3. The Bertz CT molecular complexity index is 525. The van der Waals surface area contributed by atoms with E-state index in [-0.39, 0.29) is 18.2 Å². The summed E-state index contributed by atoms with van der Waals surface area (Å²) in [6.45, 7) is 1.63. The molecule has 30 heavy (non-hydrogen) atoms. The van der Waals surface area contributed by atoms with Crippen molar-refractivity contribution in [3.8, 4) is 0 Å². The summed E-state index contributed by atoms with van der Waals surface area (Å²) >= 11 is 0. The molecular formula is C20H38N4O6. The molecule has 0 saturated heterocycles. The Morgan fingerprint density at radius 3 is 2.13 bits per heavy atom. The number of aliphatic hydroxyl groups excluding tert-OH is 3. The smallest absolute Gasteiger partial charge is 0.345 e. The molecule has 3 atom stereocenters. The first-order valence-electron chi connectivity index (χ1n) is 10.6. The molecular weight excluding hydrogens is 392 g/mol. The van der Waals surface area contributed by atoms with Gasteiger partial charge in [-0.15, -0.1) is 0 Å². The molecule has 10 heteroatoms. The zero-order chi connectivity index (χ0) is 22.8. The van der Waals surface area contributed by atoms with Crippen LogP contribution in [0, 0.1) is 5.41 Å². The monoisotopic (exact) mass is 430 g/mol. The van der Waals surface area contributed by atoms with Crippen LogP contribution < -0.4 is 10.6 Å². The Morgan fingerprint density at radius 2 is 1.63 bits per heavy atom. The second kappa shape index (κ2) is 17.9. The predicted molar refractivity (Wildman–Crippen MR) is 115 cm³/mol. The maximum Gasteiger partial charge on any atom is 0.345 e. The van der Waals surface area contributed by atoms with Gasteiger partial charge in [-0.2, -0.15) is 4.99 Å². The summed E-state index contributed by atoms with van der Waals surface area (Å²) in [6.07, 6.45) is 6.71. The number of nitrogens with zero attached hydrogens (tertiary/aromatic N) is 1. The van der Waals surface area contributed by atoms with Crippen molar-refractivity contribution in [2.45, 2.75) is 89.6 Å². The maximum absolute atomic E-state index is 11.9. The summed E-state index contributed by atoms with van der Waals surface area (Å²) in [7, 11) is 1.23. The number of aliphatic hydroxyl groups is 3. The minimum Gasteiger partial charge on any atom is -0.394 e. The molecule has 0 spiro atoms. The van der Waals surface area contributed by atoms with E-state index < -0.39 is 31.1 Å². The van der Waals surface area contributed by atoms with E-state index in [4.69, 9.17) is 15.3 Å². The molecule has 0 heterocycles. The first kappa shape index (κ1) is 28.1. The molecule has 0 aliphatic heterocycles. The Kier molecular flexibility index (Phi) is 16.8. The summed E-state index contributed by atoms with van der Waals surface area (Å²) < 4.78 is 4.76. The molecule has 0 bridgehead atoms. The number of carbonyl (C=O) groups excluding carboxylic acids is 2. The number of rotatable bonds is 16. The van der Waals surface area contributed by atoms with Gasteiger partial charge in [-0.1, -0.05) is 58.3 Å². The van der Waals surface area contributed by atoms with E-state index in [2.05, 4.69) is 17.2 Å². The highest BCUT2D eigenvalue weighted by atomic mass is 16.5. The molecule has 0 aromatic heterocycles. The summed E-state index contributed by atoms with van der Waals surface area (Å²) in [4.78, 5) is 27.2. The van der Waals surface area contributed by atoms with Gasteiger partial charge in [-0.05, 0) is 6.42 Å². The Labute approximate surface area is 178 Å². The van der Waals surface area contributed by atoms with Crippen molar-refractivity contribution in [1.29, 1.82) is 5.41 Å². The topological polar surface area (TPSA) is 164 Å². The molecule has 174 valence electrons. The molecule has 0 aromatic carbocycles. The Hall–Kier alpha value is -1.88. The lowest BCUT2D eigenvalue weighted by Crippen LogP contribution is -2.49. The van der Waals surface area contributed by atoms with Gasteiger partial charge in [-0.25, -0.2) is 4.79 Å². The highest BCUT2D eigenvalue weighted by Gasteiger charge is 2.27. The van der Waals surface area contributed by atoms with E-state index in [1.165, 1.54) is 39.2 Å². The number of ether oxygens (including phenoxy) is 1. The molecule has 6 N–H and O–H groups in total. The van der Waals surface area contributed by atoms with Crippen LogP contribution >= 0.6 is 0 Å². The zero-order valence-electron chi connectivity index (χ0n) is 18.1. The van der Waals surface area contributed by atoms with Gasteiger partial charge in [0, 0.05) is 13.5 Å². The van der Waals surface area contributed by atoms with Crippen LogP contribution in [0.15, 0.2) is 4.99 Å². The van der Waals surface area contributed by atoms with Crippen molar-refractivity contribution in [3.63, 3.8) is 0 Å². The zero-order valence-corrected chi connectivity index (χ0v) is 18.1. The second-order valence-corrected chi connectivity index (χ2v) is 7.11. The van der Waals surface area contributed by atoms with E-state index >= 15 is 0 Å². The molecule has 0 fully saturated rings. The van der Waals surface area contributed by atoms with E-state index in [1.807, 2.05) is 5.32 Å². The fraction of sp³-hybridized carbons (Fsp3) is 0.800. The quantitative estimate of drug-likeness (QED) is 0.0939. The molecule has 0 aliphatic rings. The normalized spacial score (nSPS) is 14.6. The minimum absolute atomic E-state index is 0.262. The Balaban J connectivity index is 4.21. The molecule has 3 amide bonds. The van der Waals surface area contributed by atoms with Crippen molar-refractivity contribution in [2.24, 2.45) is 4.99 Å². The number of hydrogen-bond acceptors (Lipinski definition) is 7. The van der Waals surface area contributed by atoms with Crippen LogP contribution in [0.1, 0.15) is 71.1 Å². The number of nitrogens with one attached hydrogen (secondary N) is 3. The summed E-state index contributed by atoms with van der Waals surface area (Å²) in [6, 6.07) is -1.06. The van der Waals surface area contributed by atoms with Gasteiger partial charge in [0.1, 0.15) is 12.2 Å². The van der Waals surface area contributed by atoms with Crippen LogP contribution in [0.25, 0.3) is 0 Å². The van der Waals surface area contributed by atoms with Crippen LogP contribution in [-0.2, 0) is 9.53 Å². The number of methoxy groups -OCH3 is 1. The SMILES string of the molecule is CCCCCCCCCCCC(=O)N/C(C=N)=N/C(=O)NC(O)C(O)C(CO)OC. The number of amidine groups is 1. The van der Waals surface area contributed by atoms with Crippen molar-refractivity contribution in [3.05, 3.63) is 0 Å². The molecule has 10 nitrogen and oxygen atoms in total. The molecule has 0 rings (SSSR count). The molecule has 0 aromatic rings.